The standard InChI is InChI=1S/C14H14FN3O3/c15-9-1-2-13(18-3-5-21-6-4-18)10(7-9)11-8-12(14(19)20)17-16-11/h1-2,7-8H,3-6H2,(H,16,17)(H,19,20). The molecule has 6 nitrogen and oxygen atoms in total. The third-order valence-corrected chi connectivity index (χ3v) is 3.39. The topological polar surface area (TPSA) is 78.4 Å². The lowest BCUT2D eigenvalue weighted by molar-refractivity contribution is 0.0690. The minimum absolute atomic E-state index is 0.0258. The van der Waals surface area contributed by atoms with Crippen molar-refractivity contribution < 1.29 is 19.0 Å². The Morgan fingerprint density at radius 2 is 2.10 bits per heavy atom. The maximum absolute atomic E-state index is 13.6. The van der Waals surface area contributed by atoms with Gasteiger partial charge in [0.15, 0.2) is 0 Å². The largest absolute Gasteiger partial charge is 0.477 e. The molecular weight excluding hydrogens is 277 g/mol. The molecule has 1 aliphatic heterocycles. The van der Waals surface area contributed by atoms with Gasteiger partial charge < -0.3 is 14.7 Å². The van der Waals surface area contributed by atoms with E-state index in [1.807, 2.05) is 0 Å². The van der Waals surface area contributed by atoms with Gasteiger partial charge in [0, 0.05) is 24.3 Å². The van der Waals surface area contributed by atoms with Gasteiger partial charge in [-0.15, -0.1) is 0 Å². The van der Waals surface area contributed by atoms with Gasteiger partial charge in [0.05, 0.1) is 18.9 Å². The number of benzene rings is 1. The van der Waals surface area contributed by atoms with Crippen molar-refractivity contribution in [3.8, 4) is 11.3 Å². The molecule has 0 unspecified atom stereocenters. The summed E-state index contributed by atoms with van der Waals surface area (Å²) in [7, 11) is 0. The number of aromatic amines is 1. The molecule has 0 atom stereocenters. The molecule has 0 saturated carbocycles. The summed E-state index contributed by atoms with van der Waals surface area (Å²) >= 11 is 0. The molecule has 0 aliphatic carbocycles. The van der Waals surface area contributed by atoms with Crippen LogP contribution in [0.2, 0.25) is 0 Å². The Balaban J connectivity index is 2.02. The van der Waals surface area contributed by atoms with E-state index in [1.165, 1.54) is 18.2 Å². The Kier molecular flexibility index (Phi) is 3.57. The van der Waals surface area contributed by atoms with Crippen LogP contribution in [-0.4, -0.2) is 47.6 Å². The molecule has 110 valence electrons. The highest BCUT2D eigenvalue weighted by atomic mass is 19.1. The van der Waals surface area contributed by atoms with Crippen LogP contribution in [0.15, 0.2) is 24.3 Å². The number of nitrogens with zero attached hydrogens (tertiary/aromatic N) is 2. The number of aromatic nitrogens is 2. The molecule has 2 heterocycles. The molecule has 21 heavy (non-hydrogen) atoms. The molecule has 1 aliphatic rings. The molecule has 0 amide bonds. The minimum atomic E-state index is -1.10. The molecule has 1 saturated heterocycles. The molecule has 3 rings (SSSR count). The van der Waals surface area contributed by atoms with Gasteiger partial charge in [0.2, 0.25) is 0 Å². The van der Waals surface area contributed by atoms with Gasteiger partial charge in [-0.1, -0.05) is 0 Å². The molecule has 1 aromatic carbocycles. The summed E-state index contributed by atoms with van der Waals surface area (Å²) < 4.78 is 18.9. The number of rotatable bonds is 3. The van der Waals surface area contributed by atoms with Gasteiger partial charge >= 0.3 is 5.97 Å². The summed E-state index contributed by atoms with van der Waals surface area (Å²) in [6.45, 7) is 2.62. The number of halogens is 1. The number of carboxylic acid groups (broad SMARTS) is 1. The number of nitrogens with one attached hydrogen (secondary N) is 1. The first-order valence-corrected chi connectivity index (χ1v) is 6.56. The lowest BCUT2D eigenvalue weighted by Crippen LogP contribution is -2.36. The van der Waals surface area contributed by atoms with E-state index in [2.05, 4.69) is 15.1 Å². The molecule has 0 bridgehead atoms. The lowest BCUT2D eigenvalue weighted by Gasteiger charge is -2.30. The third kappa shape index (κ3) is 2.73. The van der Waals surface area contributed by atoms with Crippen LogP contribution < -0.4 is 4.90 Å². The van der Waals surface area contributed by atoms with E-state index in [4.69, 9.17) is 9.84 Å². The van der Waals surface area contributed by atoms with Crippen LogP contribution >= 0.6 is 0 Å². The van der Waals surface area contributed by atoms with E-state index >= 15 is 0 Å². The number of carboxylic acids is 1. The van der Waals surface area contributed by atoms with Crippen molar-refractivity contribution in [2.45, 2.75) is 0 Å². The quantitative estimate of drug-likeness (QED) is 0.900. The lowest BCUT2D eigenvalue weighted by atomic mass is 10.1. The molecule has 1 fully saturated rings. The number of anilines is 1. The summed E-state index contributed by atoms with van der Waals surface area (Å²) in [5, 5.41) is 15.4. The van der Waals surface area contributed by atoms with Crippen molar-refractivity contribution in [2.24, 2.45) is 0 Å². The number of hydrogen-bond donors (Lipinski definition) is 2. The molecular formula is C14H14FN3O3. The number of ether oxygens (including phenoxy) is 1. The van der Waals surface area contributed by atoms with Crippen molar-refractivity contribution in [3.05, 3.63) is 35.8 Å². The summed E-state index contributed by atoms with van der Waals surface area (Å²) in [4.78, 5) is 13.0. The zero-order chi connectivity index (χ0) is 14.8. The second-order valence-corrected chi connectivity index (χ2v) is 4.73. The average Bonchev–Trinajstić information content (AvgIpc) is 2.98. The molecule has 2 aromatic rings. The van der Waals surface area contributed by atoms with Gasteiger partial charge in [-0.2, -0.15) is 5.10 Å². The normalized spacial score (nSPS) is 15.2. The van der Waals surface area contributed by atoms with Gasteiger partial charge in [-0.3, -0.25) is 5.10 Å². The van der Waals surface area contributed by atoms with Crippen molar-refractivity contribution in [1.82, 2.24) is 10.2 Å². The fraction of sp³-hybridized carbons (Fsp3) is 0.286. The number of carbonyl (C=O) groups is 1. The Morgan fingerprint density at radius 3 is 2.76 bits per heavy atom. The summed E-state index contributed by atoms with van der Waals surface area (Å²) in [6, 6.07) is 5.85. The van der Waals surface area contributed by atoms with E-state index in [9.17, 15) is 9.18 Å². The smallest absolute Gasteiger partial charge is 0.353 e. The SMILES string of the molecule is O=C(O)c1cc(-c2cc(F)ccc2N2CCOCC2)n[nH]1. The summed E-state index contributed by atoms with van der Waals surface area (Å²) in [6.07, 6.45) is 0. The van der Waals surface area contributed by atoms with Crippen molar-refractivity contribution in [1.29, 1.82) is 0 Å². The fourth-order valence-electron chi connectivity index (χ4n) is 2.36. The number of morpholine rings is 1. The third-order valence-electron chi connectivity index (χ3n) is 3.39. The van der Waals surface area contributed by atoms with Crippen LogP contribution in [-0.2, 0) is 4.74 Å². The second kappa shape index (κ2) is 5.53. The number of aromatic carboxylic acids is 1. The average molecular weight is 291 g/mol. The van der Waals surface area contributed by atoms with Crippen LogP contribution in [0.25, 0.3) is 11.3 Å². The highest BCUT2D eigenvalue weighted by Gasteiger charge is 2.19. The predicted molar refractivity (Wildman–Crippen MR) is 74.0 cm³/mol. The first-order valence-electron chi connectivity index (χ1n) is 6.56. The zero-order valence-electron chi connectivity index (χ0n) is 11.2. The highest BCUT2D eigenvalue weighted by molar-refractivity contribution is 5.88. The fourth-order valence-corrected chi connectivity index (χ4v) is 2.36. The molecule has 0 spiro atoms. The number of H-pyrrole nitrogens is 1. The Labute approximate surface area is 120 Å². The molecule has 2 N–H and O–H groups in total. The van der Waals surface area contributed by atoms with E-state index in [-0.39, 0.29) is 11.5 Å². The molecule has 0 radical (unpaired) electrons. The van der Waals surface area contributed by atoms with E-state index in [0.717, 1.165) is 5.69 Å². The first kappa shape index (κ1) is 13.6. The summed E-state index contributed by atoms with van der Waals surface area (Å²) in [5.74, 6) is -1.49. The molecule has 7 heteroatoms. The van der Waals surface area contributed by atoms with Gasteiger partial charge in [0.1, 0.15) is 11.5 Å². The van der Waals surface area contributed by atoms with E-state index in [0.29, 0.717) is 37.6 Å². The van der Waals surface area contributed by atoms with Crippen molar-refractivity contribution in [2.75, 3.05) is 31.2 Å². The van der Waals surface area contributed by atoms with Gasteiger partial charge in [-0.05, 0) is 24.3 Å². The second-order valence-electron chi connectivity index (χ2n) is 4.73. The van der Waals surface area contributed by atoms with Crippen molar-refractivity contribution >= 4 is 11.7 Å². The zero-order valence-corrected chi connectivity index (χ0v) is 11.2. The van der Waals surface area contributed by atoms with Crippen LogP contribution in [0.5, 0.6) is 0 Å². The Hall–Kier alpha value is -2.41. The van der Waals surface area contributed by atoms with Crippen LogP contribution in [0.4, 0.5) is 10.1 Å². The van der Waals surface area contributed by atoms with Crippen LogP contribution in [0, 0.1) is 5.82 Å². The van der Waals surface area contributed by atoms with E-state index < -0.39 is 5.97 Å². The molecule has 1 aromatic heterocycles. The minimum Gasteiger partial charge on any atom is -0.477 e. The first-order chi connectivity index (χ1) is 10.1. The highest BCUT2D eigenvalue weighted by Crippen LogP contribution is 2.31. The van der Waals surface area contributed by atoms with Gasteiger partial charge in [0.25, 0.3) is 0 Å². The predicted octanol–water partition coefficient (Wildman–Crippen LogP) is 1.75. The van der Waals surface area contributed by atoms with E-state index in [1.54, 1.807) is 6.07 Å². The van der Waals surface area contributed by atoms with Gasteiger partial charge in [-0.25, -0.2) is 9.18 Å². The van der Waals surface area contributed by atoms with Crippen LogP contribution in [0.1, 0.15) is 10.5 Å². The maximum atomic E-state index is 13.6. The Morgan fingerprint density at radius 1 is 1.33 bits per heavy atom. The maximum Gasteiger partial charge on any atom is 0.353 e. The Bertz CT molecular complexity index is 665. The van der Waals surface area contributed by atoms with Crippen molar-refractivity contribution in [3.63, 3.8) is 0 Å². The van der Waals surface area contributed by atoms with Crippen LogP contribution in [0.3, 0.4) is 0 Å². The number of hydrogen-bond acceptors (Lipinski definition) is 4. The summed E-state index contributed by atoms with van der Waals surface area (Å²) in [5.41, 5.74) is 1.78. The monoisotopic (exact) mass is 291 g/mol.